The Balaban J connectivity index is 2.23. The largest absolute Gasteiger partial charge is 0.326 e. The van der Waals surface area contributed by atoms with Gasteiger partial charge in [0.05, 0.1) is 0 Å². The molecular weight excluding hydrogens is 244 g/mol. The van der Waals surface area contributed by atoms with Gasteiger partial charge in [-0.25, -0.2) is 0 Å². The third-order valence-corrected chi connectivity index (χ3v) is 4.35. The molecule has 2 N–H and O–H groups in total. The Morgan fingerprint density at radius 3 is 2.60 bits per heavy atom. The summed E-state index contributed by atoms with van der Waals surface area (Å²) in [5.74, 6) is 0.915. The minimum Gasteiger partial charge on any atom is -0.326 e. The molecule has 1 aliphatic rings. The Hall–Kier alpha value is -0.860. The summed E-state index contributed by atoms with van der Waals surface area (Å²) in [7, 11) is 0. The molecule has 1 aliphatic carbocycles. The van der Waals surface area contributed by atoms with Gasteiger partial charge < -0.3 is 5.73 Å². The average Bonchev–Trinajstić information content (AvgIpc) is 3.23. The smallest absolute Gasteiger partial charge is 0.0499 e. The summed E-state index contributed by atoms with van der Waals surface area (Å²) in [4.78, 5) is 2.64. The number of rotatable bonds is 8. The van der Waals surface area contributed by atoms with E-state index in [-0.39, 0.29) is 6.04 Å². The fourth-order valence-corrected chi connectivity index (χ4v) is 3.07. The fraction of sp³-hybridized carbons (Fsp3) is 0.667. The highest BCUT2D eigenvalue weighted by molar-refractivity contribution is 5.26. The monoisotopic (exact) mass is 274 g/mol. The summed E-state index contributed by atoms with van der Waals surface area (Å²) in [5, 5.41) is 0. The van der Waals surface area contributed by atoms with Crippen LogP contribution in [-0.2, 0) is 0 Å². The van der Waals surface area contributed by atoms with E-state index in [0.717, 1.165) is 18.9 Å². The Bertz CT molecular complexity index is 412. The standard InChI is InChI=1S/C18H30N2/c1-4-11-20(13-15-9-10-15)18(17(19)5-2)16-8-6-7-14(3)12-16/h6-8,12,15,17-18H,4-5,9-11,13,19H2,1-3H3. The van der Waals surface area contributed by atoms with Gasteiger partial charge in [-0.05, 0) is 50.6 Å². The van der Waals surface area contributed by atoms with Crippen molar-refractivity contribution in [3.63, 3.8) is 0 Å². The van der Waals surface area contributed by atoms with Crippen LogP contribution in [0.4, 0.5) is 0 Å². The van der Waals surface area contributed by atoms with Crippen molar-refractivity contribution < 1.29 is 0 Å². The van der Waals surface area contributed by atoms with Gasteiger partial charge in [0.25, 0.3) is 0 Å². The van der Waals surface area contributed by atoms with Crippen molar-refractivity contribution in [2.75, 3.05) is 13.1 Å². The maximum absolute atomic E-state index is 6.48. The Morgan fingerprint density at radius 2 is 2.05 bits per heavy atom. The molecule has 0 saturated heterocycles. The molecule has 0 spiro atoms. The third kappa shape index (κ3) is 4.07. The number of nitrogens with zero attached hydrogens (tertiary/aromatic N) is 1. The van der Waals surface area contributed by atoms with Crippen LogP contribution in [-0.4, -0.2) is 24.0 Å². The number of hydrogen-bond donors (Lipinski definition) is 1. The first kappa shape index (κ1) is 15.5. The molecule has 2 atom stereocenters. The lowest BCUT2D eigenvalue weighted by Crippen LogP contribution is -2.42. The molecule has 0 radical (unpaired) electrons. The van der Waals surface area contributed by atoms with E-state index in [9.17, 15) is 0 Å². The van der Waals surface area contributed by atoms with Crippen LogP contribution >= 0.6 is 0 Å². The van der Waals surface area contributed by atoms with Gasteiger partial charge in [0.2, 0.25) is 0 Å². The molecule has 0 aliphatic heterocycles. The quantitative estimate of drug-likeness (QED) is 0.779. The van der Waals surface area contributed by atoms with Crippen LogP contribution in [0.2, 0.25) is 0 Å². The summed E-state index contributed by atoms with van der Waals surface area (Å²) in [6, 6.07) is 9.51. The second-order valence-electron chi connectivity index (χ2n) is 6.37. The van der Waals surface area contributed by atoms with Crippen molar-refractivity contribution in [1.29, 1.82) is 0 Å². The summed E-state index contributed by atoms with van der Waals surface area (Å²) in [6.45, 7) is 9.02. The van der Waals surface area contributed by atoms with Gasteiger partial charge in [-0.3, -0.25) is 4.90 Å². The first-order chi connectivity index (χ1) is 9.65. The number of nitrogens with two attached hydrogens (primary N) is 1. The highest BCUT2D eigenvalue weighted by Crippen LogP contribution is 2.34. The SMILES string of the molecule is CCCN(CC1CC1)C(c1cccc(C)c1)C(N)CC. The van der Waals surface area contributed by atoms with Crippen LogP contribution < -0.4 is 5.73 Å². The van der Waals surface area contributed by atoms with Gasteiger partial charge in [0.1, 0.15) is 0 Å². The molecule has 0 heterocycles. The van der Waals surface area contributed by atoms with Crippen molar-refractivity contribution in [1.82, 2.24) is 4.90 Å². The summed E-state index contributed by atoms with van der Waals surface area (Å²) >= 11 is 0. The van der Waals surface area contributed by atoms with Gasteiger partial charge in [-0.15, -0.1) is 0 Å². The van der Waals surface area contributed by atoms with Crippen LogP contribution in [0.15, 0.2) is 24.3 Å². The second kappa shape index (κ2) is 7.24. The van der Waals surface area contributed by atoms with Gasteiger partial charge in [-0.2, -0.15) is 0 Å². The summed E-state index contributed by atoms with van der Waals surface area (Å²) in [6.07, 6.45) is 5.04. The zero-order valence-electron chi connectivity index (χ0n) is 13.3. The van der Waals surface area contributed by atoms with Crippen molar-refractivity contribution >= 4 is 0 Å². The van der Waals surface area contributed by atoms with Crippen molar-refractivity contribution in [3.8, 4) is 0 Å². The molecule has 1 aromatic carbocycles. The topological polar surface area (TPSA) is 29.3 Å². The summed E-state index contributed by atoms with van der Waals surface area (Å²) < 4.78 is 0. The zero-order chi connectivity index (χ0) is 14.5. The normalized spacial score (nSPS) is 18.2. The van der Waals surface area contributed by atoms with Crippen molar-refractivity contribution in [2.45, 2.75) is 58.5 Å². The fourth-order valence-electron chi connectivity index (χ4n) is 3.07. The minimum atomic E-state index is 0.224. The Kier molecular flexibility index (Phi) is 5.62. The predicted molar refractivity (Wildman–Crippen MR) is 86.8 cm³/mol. The third-order valence-electron chi connectivity index (χ3n) is 4.35. The van der Waals surface area contributed by atoms with Gasteiger partial charge >= 0.3 is 0 Å². The van der Waals surface area contributed by atoms with Gasteiger partial charge in [0, 0.05) is 18.6 Å². The molecule has 2 unspecified atom stereocenters. The van der Waals surface area contributed by atoms with Gasteiger partial charge in [-0.1, -0.05) is 43.7 Å². The van der Waals surface area contributed by atoms with Crippen LogP contribution in [0.25, 0.3) is 0 Å². The summed E-state index contributed by atoms with van der Waals surface area (Å²) in [5.41, 5.74) is 9.21. The lowest BCUT2D eigenvalue weighted by Gasteiger charge is -2.36. The van der Waals surface area contributed by atoms with Crippen molar-refractivity contribution in [3.05, 3.63) is 35.4 Å². The number of aryl methyl sites for hydroxylation is 1. The molecule has 1 saturated carbocycles. The van der Waals surface area contributed by atoms with Gasteiger partial charge in [0.15, 0.2) is 0 Å². The van der Waals surface area contributed by atoms with Crippen LogP contribution in [0, 0.1) is 12.8 Å². The molecule has 1 fully saturated rings. The molecule has 0 aromatic heterocycles. The molecule has 0 bridgehead atoms. The minimum absolute atomic E-state index is 0.224. The highest BCUT2D eigenvalue weighted by atomic mass is 15.2. The maximum atomic E-state index is 6.48. The second-order valence-corrected chi connectivity index (χ2v) is 6.37. The van der Waals surface area contributed by atoms with E-state index >= 15 is 0 Å². The highest BCUT2D eigenvalue weighted by Gasteiger charge is 2.31. The molecule has 2 nitrogen and oxygen atoms in total. The van der Waals surface area contributed by atoms with E-state index in [1.165, 1.54) is 36.9 Å². The van der Waals surface area contributed by atoms with E-state index in [2.05, 4.69) is 49.9 Å². The lowest BCUT2D eigenvalue weighted by atomic mass is 9.94. The van der Waals surface area contributed by atoms with E-state index in [4.69, 9.17) is 5.73 Å². The predicted octanol–water partition coefficient (Wildman–Crippen LogP) is 3.90. The van der Waals surface area contributed by atoms with E-state index < -0.39 is 0 Å². The Morgan fingerprint density at radius 1 is 1.30 bits per heavy atom. The van der Waals surface area contributed by atoms with Crippen LogP contribution in [0.3, 0.4) is 0 Å². The average molecular weight is 274 g/mol. The Labute approximate surface area is 124 Å². The van der Waals surface area contributed by atoms with Crippen LogP contribution in [0.1, 0.15) is 56.7 Å². The van der Waals surface area contributed by atoms with E-state index in [1.54, 1.807) is 0 Å². The number of hydrogen-bond acceptors (Lipinski definition) is 2. The van der Waals surface area contributed by atoms with Crippen molar-refractivity contribution in [2.24, 2.45) is 11.7 Å². The molecule has 1 aromatic rings. The van der Waals surface area contributed by atoms with Crippen LogP contribution in [0.5, 0.6) is 0 Å². The molecule has 112 valence electrons. The van der Waals surface area contributed by atoms with E-state index in [1.807, 2.05) is 0 Å². The first-order valence-corrected chi connectivity index (χ1v) is 8.21. The number of benzene rings is 1. The molecular formula is C18H30N2. The van der Waals surface area contributed by atoms with E-state index in [0.29, 0.717) is 6.04 Å². The first-order valence-electron chi connectivity index (χ1n) is 8.21. The molecule has 0 amide bonds. The molecule has 20 heavy (non-hydrogen) atoms. The lowest BCUT2D eigenvalue weighted by molar-refractivity contribution is 0.162. The molecule has 2 rings (SSSR count). The maximum Gasteiger partial charge on any atom is 0.0499 e. The molecule has 2 heteroatoms. The zero-order valence-corrected chi connectivity index (χ0v) is 13.3.